The zero-order valence-corrected chi connectivity index (χ0v) is 9.90. The smallest absolute Gasteiger partial charge is 0.323 e. The van der Waals surface area contributed by atoms with E-state index in [0.29, 0.717) is 6.54 Å². The van der Waals surface area contributed by atoms with Gasteiger partial charge in [0.05, 0.1) is 0 Å². The lowest BCUT2D eigenvalue weighted by Gasteiger charge is -2.33. The molecule has 2 heterocycles. The van der Waals surface area contributed by atoms with E-state index in [9.17, 15) is 4.79 Å². The topological polar surface area (TPSA) is 52.8 Å². The average Bonchev–Trinajstić information content (AvgIpc) is 2.77. The van der Waals surface area contributed by atoms with E-state index in [1.807, 2.05) is 4.90 Å². The molecule has 92 valence electrons. The maximum absolute atomic E-state index is 11.7. The maximum Gasteiger partial charge on any atom is 0.334 e. The minimum Gasteiger partial charge on any atom is -0.323 e. The highest BCUT2D eigenvalue weighted by Crippen LogP contribution is 2.09. The quantitative estimate of drug-likeness (QED) is 0.560. The predicted molar refractivity (Wildman–Crippen MR) is 62.8 cm³/mol. The fraction of sp³-hybridized carbons (Fsp3) is 0.909. The Morgan fingerprint density at radius 1 is 1.00 bits per heavy atom. The maximum atomic E-state index is 11.7. The number of carbonyl (C=O) groups excluding carboxylic acids is 1. The van der Waals surface area contributed by atoms with Crippen molar-refractivity contribution < 1.29 is 4.79 Å². The van der Waals surface area contributed by atoms with Crippen LogP contribution in [-0.2, 0) is 0 Å². The molecule has 0 radical (unpaired) electrons. The van der Waals surface area contributed by atoms with E-state index in [1.165, 1.54) is 30.9 Å². The molecule has 0 aromatic carbocycles. The number of likely N-dealkylation sites (tertiary alicyclic amines) is 1. The van der Waals surface area contributed by atoms with Gasteiger partial charge in [-0.3, -0.25) is 5.01 Å². The van der Waals surface area contributed by atoms with Crippen molar-refractivity contribution in [3.05, 3.63) is 0 Å². The van der Waals surface area contributed by atoms with Crippen molar-refractivity contribution in [2.45, 2.75) is 25.7 Å². The molecule has 0 atom stereocenters. The molecule has 2 aliphatic heterocycles. The summed E-state index contributed by atoms with van der Waals surface area (Å²) in [6.45, 7) is 6.00. The van der Waals surface area contributed by atoms with Gasteiger partial charge >= 0.3 is 6.03 Å². The third-order valence-electron chi connectivity index (χ3n) is 3.44. The molecule has 2 aliphatic rings. The van der Waals surface area contributed by atoms with Gasteiger partial charge < -0.3 is 9.80 Å². The minimum atomic E-state index is -0.00679. The zero-order chi connectivity index (χ0) is 11.4. The second-order valence-corrected chi connectivity index (χ2v) is 4.72. The molecule has 2 fully saturated rings. The van der Waals surface area contributed by atoms with Crippen LogP contribution in [0.1, 0.15) is 25.7 Å². The molecule has 5 heteroatoms. The van der Waals surface area contributed by atoms with Crippen molar-refractivity contribution in [1.29, 1.82) is 0 Å². The number of hydrazine groups is 1. The summed E-state index contributed by atoms with van der Waals surface area (Å²) in [6, 6.07) is -0.00679. The average molecular weight is 226 g/mol. The van der Waals surface area contributed by atoms with Crippen molar-refractivity contribution >= 4 is 6.03 Å². The van der Waals surface area contributed by atoms with Crippen LogP contribution in [0.4, 0.5) is 4.79 Å². The van der Waals surface area contributed by atoms with Gasteiger partial charge in [-0.25, -0.2) is 10.6 Å². The molecule has 0 aromatic rings. The van der Waals surface area contributed by atoms with E-state index >= 15 is 0 Å². The van der Waals surface area contributed by atoms with Gasteiger partial charge in [-0.05, 0) is 45.3 Å². The fourth-order valence-electron chi connectivity index (χ4n) is 2.50. The molecule has 2 amide bonds. The van der Waals surface area contributed by atoms with Gasteiger partial charge in [0.25, 0.3) is 0 Å². The monoisotopic (exact) mass is 226 g/mol. The van der Waals surface area contributed by atoms with Crippen LogP contribution < -0.4 is 5.84 Å². The number of hydrogen-bond acceptors (Lipinski definition) is 3. The Morgan fingerprint density at radius 2 is 1.75 bits per heavy atom. The first-order valence-electron chi connectivity index (χ1n) is 6.31. The Morgan fingerprint density at radius 3 is 2.50 bits per heavy atom. The highest BCUT2D eigenvalue weighted by atomic mass is 16.2. The number of carbonyl (C=O) groups is 1. The van der Waals surface area contributed by atoms with Crippen LogP contribution in [0, 0.1) is 0 Å². The summed E-state index contributed by atoms with van der Waals surface area (Å²) in [6.07, 6.45) is 4.73. The summed E-state index contributed by atoms with van der Waals surface area (Å²) < 4.78 is 0. The first-order chi connectivity index (χ1) is 7.77. The van der Waals surface area contributed by atoms with Gasteiger partial charge in [-0.2, -0.15) is 0 Å². The molecule has 0 aliphatic carbocycles. The third-order valence-corrected chi connectivity index (χ3v) is 3.44. The van der Waals surface area contributed by atoms with Crippen LogP contribution >= 0.6 is 0 Å². The van der Waals surface area contributed by atoms with Gasteiger partial charge in [0.15, 0.2) is 0 Å². The summed E-state index contributed by atoms with van der Waals surface area (Å²) in [5, 5.41) is 1.33. The fourth-order valence-corrected chi connectivity index (χ4v) is 2.50. The van der Waals surface area contributed by atoms with Crippen LogP contribution in [0.3, 0.4) is 0 Å². The molecular formula is C11H22N4O. The molecular weight excluding hydrogens is 204 g/mol. The number of nitrogens with two attached hydrogens (primary N) is 1. The van der Waals surface area contributed by atoms with E-state index in [0.717, 1.165) is 32.5 Å². The van der Waals surface area contributed by atoms with Crippen LogP contribution in [0.15, 0.2) is 0 Å². The van der Waals surface area contributed by atoms with Crippen LogP contribution in [0.25, 0.3) is 0 Å². The molecule has 16 heavy (non-hydrogen) atoms. The van der Waals surface area contributed by atoms with E-state index in [2.05, 4.69) is 4.90 Å². The van der Waals surface area contributed by atoms with E-state index in [4.69, 9.17) is 5.84 Å². The van der Waals surface area contributed by atoms with E-state index in [-0.39, 0.29) is 6.03 Å². The lowest BCUT2D eigenvalue weighted by atomic mass is 10.3. The molecule has 2 rings (SSSR count). The molecule has 2 N–H and O–H groups in total. The van der Waals surface area contributed by atoms with E-state index < -0.39 is 0 Å². The minimum absolute atomic E-state index is 0.00679. The lowest BCUT2D eigenvalue weighted by Crippen LogP contribution is -2.52. The molecule has 2 saturated heterocycles. The second kappa shape index (κ2) is 5.50. The third kappa shape index (κ3) is 2.86. The van der Waals surface area contributed by atoms with Crippen LogP contribution in [-0.4, -0.2) is 60.1 Å². The Hall–Kier alpha value is -0.810. The summed E-state index contributed by atoms with van der Waals surface area (Å²) in [5.74, 6) is 5.59. The Bertz CT molecular complexity index is 240. The number of rotatable bonds is 4. The van der Waals surface area contributed by atoms with E-state index in [1.54, 1.807) is 0 Å². The van der Waals surface area contributed by atoms with Crippen molar-refractivity contribution in [2.75, 3.05) is 39.3 Å². The number of nitrogens with zero attached hydrogens (tertiary/aromatic N) is 3. The molecule has 0 aromatic heterocycles. The van der Waals surface area contributed by atoms with Crippen LogP contribution in [0.5, 0.6) is 0 Å². The van der Waals surface area contributed by atoms with Gasteiger partial charge in [-0.15, -0.1) is 0 Å². The Kier molecular flexibility index (Phi) is 4.01. The summed E-state index contributed by atoms with van der Waals surface area (Å²) in [4.78, 5) is 16.0. The van der Waals surface area contributed by atoms with Crippen molar-refractivity contribution in [1.82, 2.24) is 14.8 Å². The number of hydrogen-bond donors (Lipinski definition) is 1. The molecule has 5 nitrogen and oxygen atoms in total. The summed E-state index contributed by atoms with van der Waals surface area (Å²) in [7, 11) is 0. The predicted octanol–water partition coefficient (Wildman–Crippen LogP) is 0.474. The highest BCUT2D eigenvalue weighted by molar-refractivity contribution is 5.74. The Balaban J connectivity index is 1.66. The SMILES string of the molecule is NN1CCCN(CCCN2CCCC2)C1=O. The molecule has 0 saturated carbocycles. The lowest BCUT2D eigenvalue weighted by molar-refractivity contribution is 0.127. The summed E-state index contributed by atoms with van der Waals surface area (Å²) >= 11 is 0. The van der Waals surface area contributed by atoms with Gasteiger partial charge in [0.1, 0.15) is 0 Å². The van der Waals surface area contributed by atoms with Crippen molar-refractivity contribution in [2.24, 2.45) is 5.84 Å². The first kappa shape index (κ1) is 11.7. The number of urea groups is 1. The largest absolute Gasteiger partial charge is 0.334 e. The number of amides is 2. The van der Waals surface area contributed by atoms with Crippen molar-refractivity contribution in [3.63, 3.8) is 0 Å². The zero-order valence-electron chi connectivity index (χ0n) is 9.90. The van der Waals surface area contributed by atoms with Gasteiger partial charge in [-0.1, -0.05) is 0 Å². The second-order valence-electron chi connectivity index (χ2n) is 4.72. The molecule has 0 unspecified atom stereocenters. The molecule has 0 spiro atoms. The molecule has 0 bridgehead atoms. The summed E-state index contributed by atoms with van der Waals surface area (Å²) in [5.41, 5.74) is 0. The van der Waals surface area contributed by atoms with Crippen molar-refractivity contribution in [3.8, 4) is 0 Å². The highest BCUT2D eigenvalue weighted by Gasteiger charge is 2.22. The van der Waals surface area contributed by atoms with Gasteiger partial charge in [0, 0.05) is 19.6 Å². The van der Waals surface area contributed by atoms with Gasteiger partial charge in [0.2, 0.25) is 0 Å². The van der Waals surface area contributed by atoms with Crippen LogP contribution in [0.2, 0.25) is 0 Å². The first-order valence-corrected chi connectivity index (χ1v) is 6.31. The standard InChI is InChI=1S/C11H22N4O/c12-15-10-4-9-14(11(15)16)8-3-7-13-5-1-2-6-13/h1-10,12H2. The Labute approximate surface area is 97.1 Å². The normalized spacial score (nSPS) is 23.2.